The molecule has 2 rings (SSSR count). The van der Waals surface area contributed by atoms with Crippen LogP contribution in [0, 0.1) is 0 Å². The van der Waals surface area contributed by atoms with E-state index in [2.05, 4.69) is 34.8 Å². The Hall–Kier alpha value is -0.780. The van der Waals surface area contributed by atoms with Gasteiger partial charge in [-0.25, -0.2) is 0 Å². The van der Waals surface area contributed by atoms with E-state index in [1.165, 1.54) is 57.8 Å². The Kier molecular flexibility index (Phi) is 14.5. The maximum Gasteiger partial charge on any atom is 0.257 e. The molecule has 1 amide bonds. The zero-order chi connectivity index (χ0) is 20.9. The number of piperazine rings is 1. The summed E-state index contributed by atoms with van der Waals surface area (Å²) in [6.45, 7) is 6.35. The third-order valence-electron chi connectivity index (χ3n) is 5.72. The predicted octanol–water partition coefficient (Wildman–Crippen LogP) is 6.56. The summed E-state index contributed by atoms with van der Waals surface area (Å²) in [5.41, 5.74) is 0.677. The van der Waals surface area contributed by atoms with Gasteiger partial charge in [-0.15, -0.1) is 12.4 Å². The lowest BCUT2D eigenvalue weighted by atomic mass is 10.1. The van der Waals surface area contributed by atoms with Crippen LogP contribution >= 0.6 is 28.3 Å². The first-order valence-corrected chi connectivity index (χ1v) is 12.3. The molecule has 1 fully saturated rings. The number of carbonyl (C=O) groups is 1. The molecule has 6 heteroatoms. The molecule has 1 aromatic rings. The molecule has 0 radical (unpaired) electrons. The van der Waals surface area contributed by atoms with Gasteiger partial charge in [0.05, 0.1) is 12.2 Å². The van der Waals surface area contributed by atoms with Crippen molar-refractivity contribution in [3.63, 3.8) is 0 Å². The molecule has 172 valence electrons. The number of hydrogen-bond acceptors (Lipinski definition) is 3. The normalized spacial score (nSPS) is 14.4. The lowest BCUT2D eigenvalue weighted by Gasteiger charge is -2.32. The summed E-state index contributed by atoms with van der Waals surface area (Å²) in [5.74, 6) is 0.797. The van der Waals surface area contributed by atoms with E-state index in [4.69, 9.17) is 4.74 Å². The van der Waals surface area contributed by atoms with E-state index >= 15 is 0 Å². The molecule has 0 saturated carbocycles. The summed E-state index contributed by atoms with van der Waals surface area (Å²) in [4.78, 5) is 17.2. The van der Waals surface area contributed by atoms with E-state index in [1.54, 1.807) is 0 Å². The predicted molar refractivity (Wildman–Crippen MR) is 132 cm³/mol. The minimum absolute atomic E-state index is 0. The van der Waals surface area contributed by atoms with Crippen molar-refractivity contribution in [2.24, 2.45) is 0 Å². The van der Waals surface area contributed by atoms with Gasteiger partial charge in [0.15, 0.2) is 0 Å². The Bertz CT molecular complexity index is 607. The van der Waals surface area contributed by atoms with Crippen LogP contribution in [-0.2, 0) is 0 Å². The zero-order valence-electron chi connectivity index (χ0n) is 18.8. The Morgan fingerprint density at radius 1 is 0.933 bits per heavy atom. The van der Waals surface area contributed by atoms with Gasteiger partial charge >= 0.3 is 0 Å². The summed E-state index contributed by atoms with van der Waals surface area (Å²) < 4.78 is 6.94. The standard InChI is InChI=1S/C24H39BrN2O2.ClH/c1-3-4-5-6-7-8-9-10-11-12-19-29-23-14-13-21(25)20-22(23)24(28)27-17-15-26(2)16-18-27;/h13-14,20H,3-12,15-19H2,1-2H3;1H. The van der Waals surface area contributed by atoms with Gasteiger partial charge < -0.3 is 14.5 Å². The number of carbonyl (C=O) groups excluding carboxylic acids is 1. The van der Waals surface area contributed by atoms with Gasteiger partial charge in [0.2, 0.25) is 0 Å². The number of likely N-dealkylation sites (N-methyl/N-ethyl adjacent to an activating group) is 1. The largest absolute Gasteiger partial charge is 0.493 e. The second kappa shape index (κ2) is 15.9. The van der Waals surface area contributed by atoms with Crippen LogP contribution in [-0.4, -0.2) is 55.5 Å². The molecular formula is C24H40BrClN2O2. The number of amides is 1. The van der Waals surface area contributed by atoms with E-state index < -0.39 is 0 Å². The quantitative estimate of drug-likeness (QED) is 0.286. The van der Waals surface area contributed by atoms with Crippen LogP contribution in [0.5, 0.6) is 5.75 Å². The fourth-order valence-electron chi connectivity index (χ4n) is 3.75. The summed E-state index contributed by atoms with van der Waals surface area (Å²) >= 11 is 3.50. The number of rotatable bonds is 13. The summed E-state index contributed by atoms with van der Waals surface area (Å²) in [7, 11) is 2.10. The van der Waals surface area contributed by atoms with Crippen LogP contribution in [0.15, 0.2) is 22.7 Å². The molecule has 0 atom stereocenters. The maximum atomic E-state index is 13.0. The van der Waals surface area contributed by atoms with Crippen molar-refractivity contribution in [3.8, 4) is 5.75 Å². The van der Waals surface area contributed by atoms with Crippen molar-refractivity contribution < 1.29 is 9.53 Å². The number of ether oxygens (including phenoxy) is 1. The summed E-state index contributed by atoms with van der Waals surface area (Å²) in [6.07, 6.45) is 13.1. The van der Waals surface area contributed by atoms with Gasteiger partial charge in [-0.1, -0.05) is 80.6 Å². The average molecular weight is 504 g/mol. The van der Waals surface area contributed by atoms with Crippen molar-refractivity contribution in [1.82, 2.24) is 9.80 Å². The van der Waals surface area contributed by atoms with Crippen LogP contribution in [0.4, 0.5) is 0 Å². The lowest BCUT2D eigenvalue weighted by molar-refractivity contribution is 0.0659. The topological polar surface area (TPSA) is 32.8 Å². The summed E-state index contributed by atoms with van der Waals surface area (Å²) in [5, 5.41) is 0. The van der Waals surface area contributed by atoms with Crippen LogP contribution < -0.4 is 4.74 Å². The fourth-order valence-corrected chi connectivity index (χ4v) is 4.11. The molecule has 0 bridgehead atoms. The molecule has 4 nitrogen and oxygen atoms in total. The SMILES string of the molecule is CCCCCCCCCCCCOc1ccc(Br)cc1C(=O)N1CCN(C)CC1.Cl. The molecule has 1 aromatic carbocycles. The molecular weight excluding hydrogens is 464 g/mol. The highest BCUT2D eigenvalue weighted by atomic mass is 79.9. The molecule has 0 aromatic heterocycles. The zero-order valence-corrected chi connectivity index (χ0v) is 21.2. The van der Waals surface area contributed by atoms with Gasteiger partial charge in [0.25, 0.3) is 5.91 Å². The molecule has 0 spiro atoms. The number of halogens is 2. The van der Waals surface area contributed by atoms with Gasteiger partial charge in [0.1, 0.15) is 5.75 Å². The van der Waals surface area contributed by atoms with Gasteiger partial charge in [0, 0.05) is 30.7 Å². The Morgan fingerprint density at radius 3 is 2.10 bits per heavy atom. The smallest absolute Gasteiger partial charge is 0.257 e. The Balaban J connectivity index is 0.00000450. The van der Waals surface area contributed by atoms with Crippen LogP contribution in [0.2, 0.25) is 0 Å². The minimum atomic E-state index is 0. The fraction of sp³-hybridized carbons (Fsp3) is 0.708. The Labute approximate surface area is 198 Å². The molecule has 1 heterocycles. The van der Waals surface area contributed by atoms with E-state index in [0.29, 0.717) is 17.9 Å². The number of hydrogen-bond donors (Lipinski definition) is 0. The second-order valence-corrected chi connectivity index (χ2v) is 9.18. The van der Waals surface area contributed by atoms with E-state index in [1.807, 2.05) is 23.1 Å². The van der Waals surface area contributed by atoms with Crippen LogP contribution in [0.25, 0.3) is 0 Å². The van der Waals surface area contributed by atoms with Crippen molar-refractivity contribution in [1.29, 1.82) is 0 Å². The van der Waals surface area contributed by atoms with Crippen LogP contribution in [0.3, 0.4) is 0 Å². The van der Waals surface area contributed by atoms with Gasteiger partial charge in [-0.2, -0.15) is 0 Å². The maximum absolute atomic E-state index is 13.0. The highest BCUT2D eigenvalue weighted by molar-refractivity contribution is 9.10. The monoisotopic (exact) mass is 502 g/mol. The highest BCUT2D eigenvalue weighted by Gasteiger charge is 2.23. The molecule has 1 aliphatic heterocycles. The molecule has 30 heavy (non-hydrogen) atoms. The molecule has 0 unspecified atom stereocenters. The molecule has 0 aliphatic carbocycles. The Morgan fingerprint density at radius 2 is 1.50 bits per heavy atom. The van der Waals surface area contributed by atoms with E-state index in [-0.39, 0.29) is 18.3 Å². The first-order chi connectivity index (χ1) is 14.1. The second-order valence-electron chi connectivity index (χ2n) is 8.27. The molecule has 0 N–H and O–H groups in total. The van der Waals surface area contributed by atoms with Crippen molar-refractivity contribution in [3.05, 3.63) is 28.2 Å². The average Bonchev–Trinajstić information content (AvgIpc) is 2.73. The first kappa shape index (κ1) is 27.3. The van der Waals surface area contributed by atoms with Gasteiger partial charge in [-0.3, -0.25) is 4.79 Å². The van der Waals surface area contributed by atoms with E-state index in [0.717, 1.165) is 37.1 Å². The van der Waals surface area contributed by atoms with E-state index in [9.17, 15) is 4.79 Å². The minimum Gasteiger partial charge on any atom is -0.493 e. The highest BCUT2D eigenvalue weighted by Crippen LogP contribution is 2.25. The number of nitrogens with zero attached hydrogens (tertiary/aromatic N) is 2. The van der Waals surface area contributed by atoms with Crippen molar-refractivity contribution in [2.45, 2.75) is 71.1 Å². The van der Waals surface area contributed by atoms with Crippen molar-refractivity contribution >= 4 is 34.2 Å². The third kappa shape index (κ3) is 10.0. The van der Waals surface area contributed by atoms with Crippen molar-refractivity contribution in [2.75, 3.05) is 39.8 Å². The number of benzene rings is 1. The first-order valence-electron chi connectivity index (χ1n) is 11.5. The third-order valence-corrected chi connectivity index (χ3v) is 6.21. The molecule has 1 aliphatic rings. The molecule has 1 saturated heterocycles. The lowest BCUT2D eigenvalue weighted by Crippen LogP contribution is -2.47. The van der Waals surface area contributed by atoms with Gasteiger partial charge in [-0.05, 0) is 31.7 Å². The van der Waals surface area contributed by atoms with Crippen LogP contribution in [0.1, 0.15) is 81.5 Å². The summed E-state index contributed by atoms with van der Waals surface area (Å²) in [6, 6.07) is 5.77. The number of unbranched alkanes of at least 4 members (excludes halogenated alkanes) is 9.